The number of urea groups is 1. The van der Waals surface area contributed by atoms with Gasteiger partial charge < -0.3 is 15.3 Å². The summed E-state index contributed by atoms with van der Waals surface area (Å²) >= 11 is 1.69. The number of para-hydroxylation sites is 1. The predicted octanol–water partition coefficient (Wildman–Crippen LogP) is 6.56. The topological polar surface area (TPSA) is 111 Å². The summed E-state index contributed by atoms with van der Waals surface area (Å²) in [6, 6.07) is 21.5. The molecule has 0 aliphatic carbocycles. The molecule has 0 atom stereocenters. The Labute approximate surface area is 238 Å². The van der Waals surface area contributed by atoms with Gasteiger partial charge in [0.25, 0.3) is 5.91 Å². The molecule has 3 aromatic rings. The van der Waals surface area contributed by atoms with Crippen molar-refractivity contribution in [3.63, 3.8) is 0 Å². The van der Waals surface area contributed by atoms with Gasteiger partial charge >= 0.3 is 12.0 Å². The first-order valence-electron chi connectivity index (χ1n) is 13.6. The Morgan fingerprint density at radius 3 is 2.45 bits per heavy atom. The van der Waals surface area contributed by atoms with Gasteiger partial charge in [0.15, 0.2) is 5.71 Å². The van der Waals surface area contributed by atoms with Crippen molar-refractivity contribution in [2.24, 2.45) is 5.10 Å². The molecule has 9 heteroatoms. The predicted molar refractivity (Wildman–Crippen MR) is 161 cm³/mol. The van der Waals surface area contributed by atoms with Gasteiger partial charge in [0.1, 0.15) is 0 Å². The number of benzene rings is 3. The Morgan fingerprint density at radius 1 is 0.950 bits per heavy atom. The molecule has 0 saturated carbocycles. The van der Waals surface area contributed by atoms with Crippen LogP contribution in [0.4, 0.5) is 16.2 Å². The molecule has 8 nitrogen and oxygen atoms in total. The molecule has 1 heterocycles. The smallest absolute Gasteiger partial charge is 0.339 e. The van der Waals surface area contributed by atoms with Crippen LogP contribution in [-0.4, -0.2) is 41.0 Å². The van der Waals surface area contributed by atoms with Crippen molar-refractivity contribution in [3.05, 3.63) is 89.5 Å². The van der Waals surface area contributed by atoms with E-state index in [1.54, 1.807) is 40.9 Å². The molecule has 0 saturated heterocycles. The molecule has 0 spiro atoms. The zero-order chi connectivity index (χ0) is 28.3. The Balaban J connectivity index is 1.42. The lowest BCUT2D eigenvalue weighted by Crippen LogP contribution is -2.33. The third-order valence-corrected chi connectivity index (χ3v) is 7.66. The number of carboxylic acids is 1. The Hall–Kier alpha value is -4.11. The summed E-state index contributed by atoms with van der Waals surface area (Å²) in [4.78, 5) is 39.6. The van der Waals surface area contributed by atoms with Crippen LogP contribution in [0.15, 0.2) is 82.8 Å². The van der Waals surface area contributed by atoms with Gasteiger partial charge in [-0.05, 0) is 73.0 Å². The van der Waals surface area contributed by atoms with Gasteiger partial charge in [-0.2, -0.15) is 5.10 Å². The number of unbranched alkanes of at least 4 members (excludes halogenated alkanes) is 3. The van der Waals surface area contributed by atoms with E-state index < -0.39 is 12.0 Å². The Morgan fingerprint density at radius 2 is 1.73 bits per heavy atom. The molecule has 0 aromatic heterocycles. The molecule has 0 unspecified atom stereocenters. The lowest BCUT2D eigenvalue weighted by molar-refractivity contribution is -0.112. The number of anilines is 2. The molecule has 0 bridgehead atoms. The van der Waals surface area contributed by atoms with E-state index in [4.69, 9.17) is 5.11 Å². The molecule has 3 N–H and O–H groups in total. The van der Waals surface area contributed by atoms with Gasteiger partial charge in [-0.25, -0.2) is 15.0 Å². The standard InChI is InChI=1S/C31H34N4O4S/c1-2-3-4-8-19-35-27-18-17-25(40-20-9-10-22-13-15-23(16-14-22)30(37)38)21-26(27)28(29(35)36)33-34-31(39)32-24-11-6-5-7-12-24/h5-7,11-18,21H,2-4,8-10,19-20H2,1H3,(H,37,38)(H2,32,34,39)/b33-28-. The van der Waals surface area contributed by atoms with Gasteiger partial charge in [-0.15, -0.1) is 11.8 Å². The maximum Gasteiger partial charge on any atom is 0.339 e. The second-order valence-electron chi connectivity index (χ2n) is 9.54. The van der Waals surface area contributed by atoms with Gasteiger partial charge in [-0.1, -0.05) is 56.5 Å². The van der Waals surface area contributed by atoms with E-state index in [2.05, 4.69) is 22.8 Å². The normalized spacial score (nSPS) is 13.4. The third kappa shape index (κ3) is 7.72. The number of hydrazone groups is 1. The number of nitrogens with zero attached hydrogens (tertiary/aromatic N) is 2. The van der Waals surface area contributed by atoms with Crippen LogP contribution in [0.3, 0.4) is 0 Å². The third-order valence-electron chi connectivity index (χ3n) is 6.58. The highest BCUT2D eigenvalue weighted by molar-refractivity contribution is 7.99. The molecule has 208 valence electrons. The summed E-state index contributed by atoms with van der Waals surface area (Å²) in [5.74, 6) is -0.275. The van der Waals surface area contributed by atoms with E-state index >= 15 is 0 Å². The van der Waals surface area contributed by atoms with E-state index in [0.717, 1.165) is 66.0 Å². The summed E-state index contributed by atoms with van der Waals surface area (Å²) in [6.45, 7) is 2.76. The highest BCUT2D eigenvalue weighted by atomic mass is 32.2. The van der Waals surface area contributed by atoms with Crippen LogP contribution in [0, 0.1) is 0 Å². The molecule has 1 aliphatic heterocycles. The fourth-order valence-electron chi connectivity index (χ4n) is 4.48. The summed E-state index contributed by atoms with van der Waals surface area (Å²) in [5.41, 5.74) is 6.27. The quantitative estimate of drug-likeness (QED) is 0.125. The molecule has 0 fully saturated rings. The first kappa shape index (κ1) is 28.9. The van der Waals surface area contributed by atoms with E-state index in [-0.39, 0.29) is 17.2 Å². The SMILES string of the molecule is CCCCCCN1C(=O)/C(=N\NC(=O)Nc2ccccc2)c2cc(SCCCc3ccc(C(=O)O)cc3)ccc21. The maximum absolute atomic E-state index is 13.4. The number of hydrogen-bond acceptors (Lipinski definition) is 5. The summed E-state index contributed by atoms with van der Waals surface area (Å²) < 4.78 is 0. The van der Waals surface area contributed by atoms with Gasteiger partial charge in [0, 0.05) is 22.7 Å². The van der Waals surface area contributed by atoms with Crippen molar-refractivity contribution in [2.45, 2.75) is 50.3 Å². The van der Waals surface area contributed by atoms with Crippen molar-refractivity contribution in [1.29, 1.82) is 0 Å². The van der Waals surface area contributed by atoms with Crippen LogP contribution in [0.2, 0.25) is 0 Å². The fourth-order valence-corrected chi connectivity index (χ4v) is 5.37. The van der Waals surface area contributed by atoms with Crippen molar-refractivity contribution in [3.8, 4) is 0 Å². The number of fused-ring (bicyclic) bond motifs is 1. The van der Waals surface area contributed by atoms with Crippen LogP contribution < -0.4 is 15.6 Å². The molecule has 4 rings (SSSR count). The van der Waals surface area contributed by atoms with E-state index in [0.29, 0.717) is 12.2 Å². The van der Waals surface area contributed by atoms with Crippen LogP contribution in [0.25, 0.3) is 0 Å². The number of nitrogens with one attached hydrogen (secondary N) is 2. The Bertz CT molecular complexity index is 1360. The number of aromatic carboxylic acids is 1. The number of carbonyl (C=O) groups is 3. The number of aryl methyl sites for hydroxylation is 1. The first-order valence-corrected chi connectivity index (χ1v) is 14.6. The Kier molecular flexibility index (Phi) is 10.3. The number of rotatable bonds is 13. The number of thioether (sulfide) groups is 1. The largest absolute Gasteiger partial charge is 0.478 e. The second kappa shape index (κ2) is 14.3. The minimum absolute atomic E-state index is 0.210. The lowest BCUT2D eigenvalue weighted by atomic mass is 10.1. The molecule has 1 aliphatic rings. The number of amides is 3. The van der Waals surface area contributed by atoms with Gasteiger partial charge in [0.2, 0.25) is 0 Å². The summed E-state index contributed by atoms with van der Waals surface area (Å²) in [6.07, 6.45) is 5.95. The second-order valence-corrected chi connectivity index (χ2v) is 10.7. The van der Waals surface area contributed by atoms with Gasteiger partial charge in [-0.3, -0.25) is 4.79 Å². The van der Waals surface area contributed by atoms with Crippen LogP contribution in [-0.2, 0) is 11.2 Å². The minimum atomic E-state index is -0.924. The average Bonchev–Trinajstić information content (AvgIpc) is 3.22. The highest BCUT2D eigenvalue weighted by Crippen LogP contribution is 2.34. The van der Waals surface area contributed by atoms with Crippen molar-refractivity contribution in [2.75, 3.05) is 22.5 Å². The summed E-state index contributed by atoms with van der Waals surface area (Å²) in [7, 11) is 0. The summed E-state index contributed by atoms with van der Waals surface area (Å²) in [5, 5.41) is 16.0. The molecule has 3 aromatic carbocycles. The monoisotopic (exact) mass is 558 g/mol. The van der Waals surface area contributed by atoms with Crippen molar-refractivity contribution >= 4 is 46.8 Å². The molecule has 3 amide bonds. The zero-order valence-electron chi connectivity index (χ0n) is 22.6. The molecule has 0 radical (unpaired) electrons. The number of carbonyl (C=O) groups excluding carboxylic acids is 2. The van der Waals surface area contributed by atoms with Crippen molar-refractivity contribution in [1.82, 2.24) is 5.43 Å². The van der Waals surface area contributed by atoms with Crippen LogP contribution >= 0.6 is 11.8 Å². The molecular formula is C31H34N4O4S. The van der Waals surface area contributed by atoms with E-state index in [1.807, 2.05) is 48.5 Å². The molecular weight excluding hydrogens is 524 g/mol. The minimum Gasteiger partial charge on any atom is -0.478 e. The van der Waals surface area contributed by atoms with Crippen LogP contribution in [0.1, 0.15) is 60.5 Å². The van der Waals surface area contributed by atoms with Gasteiger partial charge in [0.05, 0.1) is 11.3 Å². The van der Waals surface area contributed by atoms with E-state index in [9.17, 15) is 14.4 Å². The fraction of sp³-hybridized carbons (Fsp3) is 0.290. The van der Waals surface area contributed by atoms with E-state index in [1.165, 1.54) is 0 Å². The van der Waals surface area contributed by atoms with Crippen LogP contribution in [0.5, 0.6) is 0 Å². The highest BCUT2D eigenvalue weighted by Gasteiger charge is 2.34. The number of carboxylic acid groups (broad SMARTS) is 1. The first-order chi connectivity index (χ1) is 19.5. The average molecular weight is 559 g/mol. The maximum atomic E-state index is 13.4. The zero-order valence-corrected chi connectivity index (χ0v) is 23.4. The lowest BCUT2D eigenvalue weighted by Gasteiger charge is -2.16. The number of hydrogen-bond donors (Lipinski definition) is 3. The van der Waals surface area contributed by atoms with Crippen molar-refractivity contribution < 1.29 is 19.5 Å². The molecule has 40 heavy (non-hydrogen) atoms.